The average molecular weight is 245 g/mol. The van der Waals surface area contributed by atoms with E-state index in [4.69, 9.17) is 22.4 Å². The van der Waals surface area contributed by atoms with E-state index in [1.54, 1.807) is 0 Å². The van der Waals surface area contributed by atoms with Gasteiger partial charge in [0.25, 0.3) is 0 Å². The van der Waals surface area contributed by atoms with Gasteiger partial charge in [0.2, 0.25) is 5.95 Å². The molecule has 1 aromatic rings. The van der Waals surface area contributed by atoms with Gasteiger partial charge in [0, 0.05) is 12.1 Å². The van der Waals surface area contributed by atoms with E-state index in [2.05, 4.69) is 15.3 Å². The zero-order chi connectivity index (χ0) is 12.2. The molecule has 1 aromatic heterocycles. The summed E-state index contributed by atoms with van der Waals surface area (Å²) >= 11 is 5.95. The topological polar surface area (TPSA) is 84.1 Å². The van der Waals surface area contributed by atoms with Crippen LogP contribution in [0.5, 0.6) is 0 Å². The molecule has 0 saturated carbocycles. The Kier molecular flexibility index (Phi) is 4.32. The number of halogens is 1. The van der Waals surface area contributed by atoms with E-state index in [1.807, 2.05) is 13.8 Å². The molecule has 0 aromatic carbocycles. The number of hydrogen-bond acceptors (Lipinski definition) is 5. The van der Waals surface area contributed by atoms with E-state index in [-0.39, 0.29) is 18.1 Å². The number of anilines is 2. The van der Waals surface area contributed by atoms with Gasteiger partial charge in [-0.3, -0.25) is 0 Å². The van der Waals surface area contributed by atoms with Crippen molar-refractivity contribution in [2.75, 3.05) is 17.7 Å². The minimum absolute atomic E-state index is 0.107. The lowest BCUT2D eigenvalue weighted by atomic mass is 9.95. The van der Waals surface area contributed by atoms with E-state index < -0.39 is 0 Å². The summed E-state index contributed by atoms with van der Waals surface area (Å²) in [5, 5.41) is 12.6. The van der Waals surface area contributed by atoms with Crippen molar-refractivity contribution < 1.29 is 5.11 Å². The molecule has 1 heterocycles. The van der Waals surface area contributed by atoms with Gasteiger partial charge in [0.05, 0.1) is 6.20 Å². The fourth-order valence-electron chi connectivity index (χ4n) is 1.33. The highest BCUT2D eigenvalue weighted by molar-refractivity contribution is 6.32. The molecule has 4 N–H and O–H groups in total. The number of rotatable bonds is 5. The maximum Gasteiger partial charge on any atom is 0.222 e. The van der Waals surface area contributed by atoms with Crippen LogP contribution >= 0.6 is 11.6 Å². The summed E-state index contributed by atoms with van der Waals surface area (Å²) in [5.41, 5.74) is 5.24. The highest BCUT2D eigenvalue weighted by atomic mass is 35.5. The zero-order valence-electron chi connectivity index (χ0n) is 9.50. The SMILES string of the molecule is CCC(C)(CCO)Nc1nc(N)ncc1Cl. The Labute approximate surface area is 100 Å². The fourth-order valence-corrected chi connectivity index (χ4v) is 1.47. The summed E-state index contributed by atoms with van der Waals surface area (Å²) in [6.45, 7) is 4.13. The first-order valence-corrected chi connectivity index (χ1v) is 5.55. The minimum Gasteiger partial charge on any atom is -0.396 e. The average Bonchev–Trinajstić information content (AvgIpc) is 2.24. The maximum absolute atomic E-state index is 9.00. The summed E-state index contributed by atoms with van der Waals surface area (Å²) in [6, 6.07) is 0. The lowest BCUT2D eigenvalue weighted by Crippen LogP contribution is -2.35. The van der Waals surface area contributed by atoms with Crippen molar-refractivity contribution in [1.82, 2.24) is 9.97 Å². The van der Waals surface area contributed by atoms with Crippen molar-refractivity contribution in [2.24, 2.45) is 0 Å². The Morgan fingerprint density at radius 2 is 2.31 bits per heavy atom. The molecule has 1 rings (SSSR count). The number of nitrogen functional groups attached to an aromatic ring is 1. The predicted molar refractivity (Wildman–Crippen MR) is 65.5 cm³/mol. The smallest absolute Gasteiger partial charge is 0.222 e. The number of aliphatic hydroxyl groups is 1. The van der Waals surface area contributed by atoms with Gasteiger partial charge < -0.3 is 16.2 Å². The highest BCUT2D eigenvalue weighted by Crippen LogP contribution is 2.25. The van der Waals surface area contributed by atoms with Gasteiger partial charge in [0.15, 0.2) is 5.82 Å². The molecule has 16 heavy (non-hydrogen) atoms. The molecule has 90 valence electrons. The van der Waals surface area contributed by atoms with Gasteiger partial charge in [-0.2, -0.15) is 4.98 Å². The van der Waals surface area contributed by atoms with Crippen LogP contribution in [-0.2, 0) is 0 Å². The van der Waals surface area contributed by atoms with Crippen molar-refractivity contribution in [2.45, 2.75) is 32.2 Å². The van der Waals surface area contributed by atoms with Crippen LogP contribution in [0.2, 0.25) is 5.02 Å². The monoisotopic (exact) mass is 244 g/mol. The van der Waals surface area contributed by atoms with Crippen LogP contribution in [0.25, 0.3) is 0 Å². The van der Waals surface area contributed by atoms with E-state index in [1.165, 1.54) is 6.20 Å². The molecule has 1 unspecified atom stereocenters. The van der Waals surface area contributed by atoms with Gasteiger partial charge in [-0.05, 0) is 19.8 Å². The molecule has 0 aliphatic carbocycles. The van der Waals surface area contributed by atoms with Gasteiger partial charge in [-0.1, -0.05) is 18.5 Å². The largest absolute Gasteiger partial charge is 0.396 e. The molecule has 0 saturated heterocycles. The quantitative estimate of drug-likeness (QED) is 0.734. The number of hydrogen-bond donors (Lipinski definition) is 3. The second-order valence-electron chi connectivity index (χ2n) is 3.94. The molecular formula is C10H17ClN4O. The molecule has 0 spiro atoms. The number of nitrogens with zero attached hydrogens (tertiary/aromatic N) is 2. The Morgan fingerprint density at radius 1 is 1.62 bits per heavy atom. The standard InChI is InChI=1S/C10H17ClN4O/c1-3-10(2,4-5-16)15-8-7(11)6-13-9(12)14-8/h6,16H,3-5H2,1-2H3,(H3,12,13,14,15). The van der Waals surface area contributed by atoms with E-state index in [0.29, 0.717) is 17.3 Å². The van der Waals surface area contributed by atoms with Crippen LogP contribution in [0.3, 0.4) is 0 Å². The number of aliphatic hydroxyl groups excluding tert-OH is 1. The first-order valence-electron chi connectivity index (χ1n) is 5.18. The first-order chi connectivity index (χ1) is 7.50. The normalized spacial score (nSPS) is 14.5. The molecule has 0 bridgehead atoms. The predicted octanol–water partition coefficient (Wildman–Crippen LogP) is 1.68. The van der Waals surface area contributed by atoms with Gasteiger partial charge >= 0.3 is 0 Å². The molecule has 0 radical (unpaired) electrons. The molecule has 1 atom stereocenters. The van der Waals surface area contributed by atoms with Crippen molar-refractivity contribution in [3.63, 3.8) is 0 Å². The van der Waals surface area contributed by atoms with Crippen LogP contribution in [0, 0.1) is 0 Å². The van der Waals surface area contributed by atoms with Crippen LogP contribution in [0.15, 0.2) is 6.20 Å². The summed E-state index contributed by atoms with van der Waals surface area (Å²) in [4.78, 5) is 7.82. The van der Waals surface area contributed by atoms with Gasteiger partial charge in [0.1, 0.15) is 5.02 Å². The fraction of sp³-hybridized carbons (Fsp3) is 0.600. The van der Waals surface area contributed by atoms with Crippen LogP contribution < -0.4 is 11.1 Å². The first kappa shape index (κ1) is 13.0. The highest BCUT2D eigenvalue weighted by Gasteiger charge is 2.22. The van der Waals surface area contributed by atoms with E-state index in [9.17, 15) is 0 Å². The van der Waals surface area contributed by atoms with Crippen LogP contribution in [-0.4, -0.2) is 27.2 Å². The van der Waals surface area contributed by atoms with Gasteiger partial charge in [-0.15, -0.1) is 0 Å². The van der Waals surface area contributed by atoms with Crippen molar-refractivity contribution in [3.8, 4) is 0 Å². The lowest BCUT2D eigenvalue weighted by Gasteiger charge is -2.29. The number of aromatic nitrogens is 2. The molecule has 0 aliphatic rings. The van der Waals surface area contributed by atoms with Crippen molar-refractivity contribution in [3.05, 3.63) is 11.2 Å². The summed E-state index contributed by atoms with van der Waals surface area (Å²) in [7, 11) is 0. The Morgan fingerprint density at radius 3 is 2.88 bits per heavy atom. The van der Waals surface area contributed by atoms with Crippen molar-refractivity contribution in [1.29, 1.82) is 0 Å². The Hall–Kier alpha value is -1.07. The minimum atomic E-state index is -0.251. The third kappa shape index (κ3) is 3.21. The third-order valence-electron chi connectivity index (χ3n) is 2.63. The third-order valence-corrected chi connectivity index (χ3v) is 2.90. The Bertz CT molecular complexity index is 361. The number of nitrogens with two attached hydrogens (primary N) is 1. The summed E-state index contributed by atoms with van der Waals surface area (Å²) < 4.78 is 0. The molecular weight excluding hydrogens is 228 g/mol. The summed E-state index contributed by atoms with van der Waals surface area (Å²) in [6.07, 6.45) is 2.92. The van der Waals surface area contributed by atoms with Crippen LogP contribution in [0.1, 0.15) is 26.7 Å². The molecule has 5 nitrogen and oxygen atoms in total. The van der Waals surface area contributed by atoms with Crippen LogP contribution in [0.4, 0.5) is 11.8 Å². The molecule has 0 fully saturated rings. The molecule has 6 heteroatoms. The number of nitrogens with one attached hydrogen (secondary N) is 1. The van der Waals surface area contributed by atoms with Crippen molar-refractivity contribution >= 4 is 23.4 Å². The Balaban J connectivity index is 2.89. The summed E-state index contributed by atoms with van der Waals surface area (Å²) in [5.74, 6) is 0.682. The second-order valence-corrected chi connectivity index (χ2v) is 4.34. The molecule has 0 amide bonds. The van der Waals surface area contributed by atoms with Gasteiger partial charge in [-0.25, -0.2) is 4.98 Å². The van der Waals surface area contributed by atoms with E-state index >= 15 is 0 Å². The lowest BCUT2D eigenvalue weighted by molar-refractivity contribution is 0.252. The maximum atomic E-state index is 9.00. The zero-order valence-corrected chi connectivity index (χ0v) is 10.3. The molecule has 0 aliphatic heterocycles. The second kappa shape index (κ2) is 5.32. The van der Waals surface area contributed by atoms with E-state index in [0.717, 1.165) is 6.42 Å².